The molecule has 0 aliphatic carbocycles. The van der Waals surface area contributed by atoms with E-state index in [1.165, 1.54) is 6.07 Å². The maximum absolute atomic E-state index is 11.8. The lowest BCUT2D eigenvalue weighted by molar-refractivity contribution is -0.120. The summed E-state index contributed by atoms with van der Waals surface area (Å²) in [4.78, 5) is 23.1. The van der Waals surface area contributed by atoms with Gasteiger partial charge in [0.25, 0.3) is 5.91 Å². The molecule has 0 aliphatic rings. The van der Waals surface area contributed by atoms with E-state index < -0.39 is 5.91 Å². The quantitative estimate of drug-likeness (QED) is 0.832. The third kappa shape index (κ3) is 5.40. The summed E-state index contributed by atoms with van der Waals surface area (Å²) in [7, 11) is 0. The molecule has 2 N–H and O–H groups in total. The molecule has 0 radical (unpaired) electrons. The molecular formula is C11H14Cl2N4O2. The Bertz CT molecular complexity index is 468. The van der Waals surface area contributed by atoms with E-state index in [0.29, 0.717) is 6.54 Å². The van der Waals surface area contributed by atoms with Crippen LogP contribution in [0.25, 0.3) is 0 Å². The van der Waals surface area contributed by atoms with E-state index in [2.05, 4.69) is 20.8 Å². The molecule has 8 heteroatoms. The molecule has 0 spiro atoms. The molecule has 1 aromatic heterocycles. The number of nitrogens with one attached hydrogen (secondary N) is 2. The first-order valence-electron chi connectivity index (χ1n) is 5.78. The van der Waals surface area contributed by atoms with Gasteiger partial charge in [-0.15, -0.1) is 10.2 Å². The van der Waals surface area contributed by atoms with Gasteiger partial charge in [-0.2, -0.15) is 0 Å². The number of hydrogen-bond donors (Lipinski definition) is 2. The Morgan fingerprint density at radius 2 is 1.95 bits per heavy atom. The zero-order valence-corrected chi connectivity index (χ0v) is 11.9. The minimum Gasteiger partial charge on any atom is -0.356 e. The van der Waals surface area contributed by atoms with Crippen molar-refractivity contribution in [1.29, 1.82) is 0 Å². The number of carbonyl (C=O) groups is 2. The summed E-state index contributed by atoms with van der Waals surface area (Å²) in [5, 5.41) is 12.3. The highest BCUT2D eigenvalue weighted by molar-refractivity contribution is 6.34. The highest BCUT2D eigenvalue weighted by atomic mass is 35.5. The van der Waals surface area contributed by atoms with Crippen LogP contribution in [0.2, 0.25) is 10.3 Å². The van der Waals surface area contributed by atoms with Crippen molar-refractivity contribution in [3.8, 4) is 0 Å². The van der Waals surface area contributed by atoms with Crippen LogP contribution < -0.4 is 10.6 Å². The predicted octanol–water partition coefficient (Wildman–Crippen LogP) is 1.43. The molecule has 6 nitrogen and oxygen atoms in total. The zero-order valence-electron chi connectivity index (χ0n) is 10.4. The fraction of sp³-hybridized carbons (Fsp3) is 0.455. The van der Waals surface area contributed by atoms with Gasteiger partial charge in [0.15, 0.2) is 10.3 Å². The first-order valence-corrected chi connectivity index (χ1v) is 6.53. The van der Waals surface area contributed by atoms with Crippen LogP contribution in [0, 0.1) is 0 Å². The van der Waals surface area contributed by atoms with Crippen LogP contribution in [-0.2, 0) is 4.79 Å². The van der Waals surface area contributed by atoms with Crippen molar-refractivity contribution in [2.24, 2.45) is 0 Å². The molecule has 0 aliphatic heterocycles. The lowest BCUT2D eigenvalue weighted by Gasteiger charge is -2.06. The van der Waals surface area contributed by atoms with E-state index >= 15 is 0 Å². The largest absolute Gasteiger partial charge is 0.356 e. The summed E-state index contributed by atoms with van der Waals surface area (Å²) in [6.07, 6.45) is 1.07. The molecule has 0 saturated heterocycles. The van der Waals surface area contributed by atoms with Gasteiger partial charge in [-0.1, -0.05) is 30.1 Å². The summed E-state index contributed by atoms with van der Waals surface area (Å²) in [6, 6.07) is 1.32. The molecule has 2 amide bonds. The molecule has 0 bridgehead atoms. The van der Waals surface area contributed by atoms with Gasteiger partial charge in [0, 0.05) is 19.5 Å². The van der Waals surface area contributed by atoms with Gasteiger partial charge in [-0.05, 0) is 12.5 Å². The Labute approximate surface area is 120 Å². The van der Waals surface area contributed by atoms with Crippen LogP contribution in [0.1, 0.15) is 30.1 Å². The Hall–Kier alpha value is -1.40. The fourth-order valence-electron chi connectivity index (χ4n) is 1.25. The molecule has 0 aromatic carbocycles. The Balaban J connectivity index is 2.43. The molecule has 1 aromatic rings. The van der Waals surface area contributed by atoms with E-state index in [1.54, 1.807) is 0 Å². The molecule has 0 unspecified atom stereocenters. The highest BCUT2D eigenvalue weighted by Crippen LogP contribution is 2.14. The summed E-state index contributed by atoms with van der Waals surface area (Å²) in [5.41, 5.74) is 0.135. The molecule has 0 atom stereocenters. The Morgan fingerprint density at radius 3 is 2.63 bits per heavy atom. The lowest BCUT2D eigenvalue weighted by Crippen LogP contribution is -2.31. The van der Waals surface area contributed by atoms with E-state index in [-0.39, 0.29) is 34.7 Å². The minimum atomic E-state index is -0.440. The van der Waals surface area contributed by atoms with Crippen LogP contribution in [0.15, 0.2) is 6.07 Å². The SMILES string of the molecule is CCCNC(=O)CCNC(=O)c1cc(Cl)nnc1Cl. The molecule has 0 saturated carbocycles. The molecule has 104 valence electrons. The van der Waals surface area contributed by atoms with Crippen LogP contribution in [0.4, 0.5) is 0 Å². The monoisotopic (exact) mass is 304 g/mol. The van der Waals surface area contributed by atoms with Gasteiger partial charge in [-0.25, -0.2) is 0 Å². The molecular weight excluding hydrogens is 291 g/mol. The third-order valence-electron chi connectivity index (χ3n) is 2.17. The number of amides is 2. The van der Waals surface area contributed by atoms with Crippen molar-refractivity contribution in [2.75, 3.05) is 13.1 Å². The lowest BCUT2D eigenvalue weighted by atomic mass is 10.3. The van der Waals surface area contributed by atoms with Crippen molar-refractivity contribution in [1.82, 2.24) is 20.8 Å². The van der Waals surface area contributed by atoms with Crippen LogP contribution >= 0.6 is 23.2 Å². The van der Waals surface area contributed by atoms with Gasteiger partial charge in [0.05, 0.1) is 5.56 Å². The summed E-state index contributed by atoms with van der Waals surface area (Å²) >= 11 is 11.4. The van der Waals surface area contributed by atoms with E-state index in [9.17, 15) is 9.59 Å². The summed E-state index contributed by atoms with van der Waals surface area (Å²) in [6.45, 7) is 2.80. The topological polar surface area (TPSA) is 84.0 Å². The number of hydrogen-bond acceptors (Lipinski definition) is 4. The van der Waals surface area contributed by atoms with Crippen molar-refractivity contribution in [3.63, 3.8) is 0 Å². The molecule has 1 heterocycles. The van der Waals surface area contributed by atoms with Crippen molar-refractivity contribution in [3.05, 3.63) is 21.9 Å². The minimum absolute atomic E-state index is 0.0302. The number of rotatable bonds is 6. The predicted molar refractivity (Wildman–Crippen MR) is 72.3 cm³/mol. The highest BCUT2D eigenvalue weighted by Gasteiger charge is 2.13. The van der Waals surface area contributed by atoms with Crippen LogP contribution in [-0.4, -0.2) is 35.1 Å². The van der Waals surface area contributed by atoms with Gasteiger partial charge < -0.3 is 10.6 Å². The number of halogens is 2. The van der Waals surface area contributed by atoms with Crippen molar-refractivity contribution >= 4 is 35.0 Å². The summed E-state index contributed by atoms with van der Waals surface area (Å²) < 4.78 is 0. The number of nitrogens with zero attached hydrogens (tertiary/aromatic N) is 2. The second-order valence-electron chi connectivity index (χ2n) is 3.73. The third-order valence-corrected chi connectivity index (χ3v) is 2.64. The zero-order chi connectivity index (χ0) is 14.3. The first-order chi connectivity index (χ1) is 9.04. The average molecular weight is 305 g/mol. The average Bonchev–Trinajstić information content (AvgIpc) is 2.39. The fourth-order valence-corrected chi connectivity index (χ4v) is 1.57. The first kappa shape index (κ1) is 15.7. The van der Waals surface area contributed by atoms with Crippen LogP contribution in [0.3, 0.4) is 0 Å². The number of carbonyl (C=O) groups excluding carboxylic acids is 2. The van der Waals surface area contributed by atoms with Crippen LogP contribution in [0.5, 0.6) is 0 Å². The van der Waals surface area contributed by atoms with Gasteiger partial charge >= 0.3 is 0 Å². The molecule has 0 fully saturated rings. The van der Waals surface area contributed by atoms with Gasteiger partial charge in [0.2, 0.25) is 5.91 Å². The Kier molecular flexibility index (Phi) is 6.52. The molecule has 19 heavy (non-hydrogen) atoms. The smallest absolute Gasteiger partial charge is 0.254 e. The van der Waals surface area contributed by atoms with Gasteiger partial charge in [-0.3, -0.25) is 9.59 Å². The number of aromatic nitrogens is 2. The van der Waals surface area contributed by atoms with Crippen molar-refractivity contribution < 1.29 is 9.59 Å². The second kappa shape index (κ2) is 7.91. The maximum atomic E-state index is 11.8. The normalized spacial score (nSPS) is 10.1. The van der Waals surface area contributed by atoms with Gasteiger partial charge in [0.1, 0.15) is 0 Å². The standard InChI is InChI=1S/C11H14Cl2N4O2/c1-2-4-14-9(18)3-5-15-11(19)7-6-8(12)16-17-10(7)13/h6H,2-5H2,1H3,(H,14,18)(H,15,19). The maximum Gasteiger partial charge on any atom is 0.254 e. The second-order valence-corrected chi connectivity index (χ2v) is 4.47. The van der Waals surface area contributed by atoms with E-state index in [0.717, 1.165) is 6.42 Å². The summed E-state index contributed by atoms with van der Waals surface area (Å²) in [5.74, 6) is -0.552. The molecule has 1 rings (SSSR count). The van der Waals surface area contributed by atoms with Crippen molar-refractivity contribution in [2.45, 2.75) is 19.8 Å². The Morgan fingerprint density at radius 1 is 1.21 bits per heavy atom. The van der Waals surface area contributed by atoms with E-state index in [1.807, 2.05) is 6.92 Å². The van der Waals surface area contributed by atoms with E-state index in [4.69, 9.17) is 23.2 Å².